The van der Waals surface area contributed by atoms with E-state index in [1.807, 2.05) is 24.0 Å². The van der Waals surface area contributed by atoms with E-state index < -0.39 is 6.43 Å². The van der Waals surface area contributed by atoms with Gasteiger partial charge in [0.15, 0.2) is 0 Å². The quantitative estimate of drug-likeness (QED) is 0.806. The highest BCUT2D eigenvalue weighted by Crippen LogP contribution is 2.28. The molecule has 124 valence electrons. The lowest BCUT2D eigenvalue weighted by Crippen LogP contribution is -2.54. The molecule has 2 aromatic heterocycles. The first-order chi connectivity index (χ1) is 11.1. The summed E-state index contributed by atoms with van der Waals surface area (Å²) < 4.78 is 26.3. The van der Waals surface area contributed by atoms with Crippen LogP contribution in [0.1, 0.15) is 13.3 Å². The molecule has 1 fully saturated rings. The number of nitrogens with zero attached hydrogens (tertiary/aromatic N) is 4. The number of aromatic nitrogens is 2. The van der Waals surface area contributed by atoms with E-state index >= 15 is 0 Å². The Hall–Kier alpha value is -1.34. The molecule has 0 N–H and O–H groups in total. The van der Waals surface area contributed by atoms with Gasteiger partial charge in [-0.3, -0.25) is 14.9 Å². The van der Waals surface area contributed by atoms with Crippen molar-refractivity contribution < 1.29 is 8.78 Å². The number of fused-ring (bicyclic) bond motifs is 1. The van der Waals surface area contributed by atoms with Crippen molar-refractivity contribution in [3.05, 3.63) is 29.0 Å². The monoisotopic (exact) mass is 384 g/mol. The summed E-state index contributed by atoms with van der Waals surface area (Å²) in [7, 11) is 0. The fraction of sp³-hybridized carbons (Fsp3) is 0.500. The average Bonchev–Trinajstić information content (AvgIpc) is 2.54. The molecule has 1 atom stereocenters. The predicted octanol–water partition coefficient (Wildman–Crippen LogP) is 3.56. The zero-order valence-electron chi connectivity index (χ0n) is 12.9. The Kier molecular flexibility index (Phi) is 5.06. The first-order valence-electron chi connectivity index (χ1n) is 7.76. The number of pyridine rings is 2. The van der Waals surface area contributed by atoms with Crippen molar-refractivity contribution in [2.45, 2.75) is 25.8 Å². The van der Waals surface area contributed by atoms with Crippen LogP contribution in [0.25, 0.3) is 11.0 Å². The van der Waals surface area contributed by atoms with E-state index in [1.54, 1.807) is 12.4 Å². The van der Waals surface area contributed by atoms with Gasteiger partial charge in [0.25, 0.3) is 6.43 Å². The van der Waals surface area contributed by atoms with Gasteiger partial charge in [-0.15, -0.1) is 0 Å². The molecule has 1 unspecified atom stereocenters. The summed E-state index contributed by atoms with van der Waals surface area (Å²) in [6.45, 7) is 4.00. The number of alkyl halides is 2. The van der Waals surface area contributed by atoms with Crippen LogP contribution in [0.2, 0.25) is 0 Å². The van der Waals surface area contributed by atoms with Gasteiger partial charge in [-0.1, -0.05) is 6.92 Å². The van der Waals surface area contributed by atoms with Crippen molar-refractivity contribution in [1.82, 2.24) is 14.9 Å². The summed E-state index contributed by atoms with van der Waals surface area (Å²) >= 11 is 3.41. The highest BCUT2D eigenvalue weighted by atomic mass is 79.9. The molecule has 7 heteroatoms. The van der Waals surface area contributed by atoms with Gasteiger partial charge in [0.05, 0.1) is 17.7 Å². The van der Waals surface area contributed by atoms with Crippen molar-refractivity contribution >= 4 is 32.7 Å². The second kappa shape index (κ2) is 7.05. The third-order valence-corrected chi connectivity index (χ3v) is 4.75. The molecule has 0 saturated carbocycles. The second-order valence-corrected chi connectivity index (χ2v) is 6.66. The molecular weight excluding hydrogens is 366 g/mol. The lowest BCUT2D eigenvalue weighted by atomic mass is 10.1. The molecule has 0 aliphatic carbocycles. The molecule has 0 amide bonds. The SMILES string of the molecule is CCC1CN(c2ccnc3cc(Br)cnc23)CCN1CC(F)F. The lowest BCUT2D eigenvalue weighted by Gasteiger charge is -2.42. The zero-order valence-corrected chi connectivity index (χ0v) is 14.5. The number of halogens is 3. The summed E-state index contributed by atoms with van der Waals surface area (Å²) in [4.78, 5) is 13.0. The first kappa shape index (κ1) is 16.5. The van der Waals surface area contributed by atoms with Gasteiger partial charge in [-0.05, 0) is 34.5 Å². The Labute approximate surface area is 142 Å². The van der Waals surface area contributed by atoms with Crippen LogP contribution in [-0.4, -0.2) is 53.5 Å². The average molecular weight is 385 g/mol. The molecule has 1 aliphatic rings. The highest BCUT2D eigenvalue weighted by molar-refractivity contribution is 9.10. The Morgan fingerprint density at radius 1 is 1.35 bits per heavy atom. The van der Waals surface area contributed by atoms with E-state index in [2.05, 4.69) is 30.8 Å². The summed E-state index contributed by atoms with van der Waals surface area (Å²) in [5.74, 6) is 0. The molecule has 0 aromatic carbocycles. The number of hydrogen-bond acceptors (Lipinski definition) is 4. The summed E-state index contributed by atoms with van der Waals surface area (Å²) in [6.07, 6.45) is 2.11. The molecule has 2 aromatic rings. The standard InChI is InChI=1S/C16H19BrF2N4/c1-2-12-9-23(6-5-22(12)10-15(18)19)14-3-4-20-13-7-11(17)8-21-16(13)14/h3-4,7-8,12,15H,2,5-6,9-10H2,1H3. The van der Waals surface area contributed by atoms with Crippen LogP contribution in [0.5, 0.6) is 0 Å². The minimum absolute atomic E-state index is 0.136. The minimum Gasteiger partial charge on any atom is -0.367 e. The largest absolute Gasteiger partial charge is 0.367 e. The van der Waals surface area contributed by atoms with Crippen LogP contribution >= 0.6 is 15.9 Å². The van der Waals surface area contributed by atoms with Crippen LogP contribution in [0.4, 0.5) is 14.5 Å². The summed E-state index contributed by atoms with van der Waals surface area (Å²) in [5, 5.41) is 0. The minimum atomic E-state index is -2.28. The van der Waals surface area contributed by atoms with E-state index in [9.17, 15) is 8.78 Å². The maximum Gasteiger partial charge on any atom is 0.251 e. The fourth-order valence-corrected chi connectivity index (χ4v) is 3.48. The third-order valence-electron chi connectivity index (χ3n) is 4.31. The molecule has 0 bridgehead atoms. The molecular formula is C16H19BrF2N4. The maximum absolute atomic E-state index is 12.7. The molecule has 23 heavy (non-hydrogen) atoms. The molecule has 4 nitrogen and oxygen atoms in total. The van der Waals surface area contributed by atoms with Crippen molar-refractivity contribution in [3.63, 3.8) is 0 Å². The van der Waals surface area contributed by atoms with Gasteiger partial charge in [0.2, 0.25) is 0 Å². The maximum atomic E-state index is 12.7. The van der Waals surface area contributed by atoms with Gasteiger partial charge < -0.3 is 4.90 Å². The first-order valence-corrected chi connectivity index (χ1v) is 8.55. The van der Waals surface area contributed by atoms with Gasteiger partial charge >= 0.3 is 0 Å². The van der Waals surface area contributed by atoms with Crippen LogP contribution in [0.15, 0.2) is 29.0 Å². The lowest BCUT2D eigenvalue weighted by molar-refractivity contribution is 0.0588. The molecule has 1 saturated heterocycles. The normalized spacial score (nSPS) is 19.7. The predicted molar refractivity (Wildman–Crippen MR) is 91.1 cm³/mol. The topological polar surface area (TPSA) is 32.3 Å². The van der Waals surface area contributed by atoms with Crippen LogP contribution in [0.3, 0.4) is 0 Å². The summed E-state index contributed by atoms with van der Waals surface area (Å²) in [5.41, 5.74) is 2.71. The van der Waals surface area contributed by atoms with Crippen molar-refractivity contribution in [3.8, 4) is 0 Å². The molecule has 3 heterocycles. The van der Waals surface area contributed by atoms with Gasteiger partial charge in [0, 0.05) is 42.5 Å². The van der Waals surface area contributed by atoms with Crippen LogP contribution in [0, 0.1) is 0 Å². The van der Waals surface area contributed by atoms with E-state index in [1.165, 1.54) is 0 Å². The highest BCUT2D eigenvalue weighted by Gasteiger charge is 2.28. The Bertz CT molecular complexity index is 682. The Morgan fingerprint density at radius 3 is 2.91 bits per heavy atom. The zero-order chi connectivity index (χ0) is 16.4. The Balaban J connectivity index is 1.86. The number of anilines is 1. The molecule has 0 radical (unpaired) electrons. The van der Waals surface area contributed by atoms with Crippen molar-refractivity contribution in [2.24, 2.45) is 0 Å². The number of hydrogen-bond donors (Lipinski definition) is 0. The number of piperazine rings is 1. The molecule has 1 aliphatic heterocycles. The summed E-state index contributed by atoms with van der Waals surface area (Å²) in [6, 6.07) is 4.03. The third kappa shape index (κ3) is 3.61. The Morgan fingerprint density at radius 2 is 2.17 bits per heavy atom. The smallest absolute Gasteiger partial charge is 0.251 e. The van der Waals surface area contributed by atoms with E-state index in [0.717, 1.165) is 40.7 Å². The fourth-order valence-electron chi connectivity index (χ4n) is 3.16. The second-order valence-electron chi connectivity index (χ2n) is 5.75. The van der Waals surface area contributed by atoms with Crippen molar-refractivity contribution in [1.29, 1.82) is 0 Å². The van der Waals surface area contributed by atoms with Crippen LogP contribution in [-0.2, 0) is 0 Å². The van der Waals surface area contributed by atoms with Gasteiger partial charge in [-0.2, -0.15) is 0 Å². The van der Waals surface area contributed by atoms with Crippen molar-refractivity contribution in [2.75, 3.05) is 31.1 Å². The van der Waals surface area contributed by atoms with Gasteiger partial charge in [0.1, 0.15) is 5.52 Å². The van der Waals surface area contributed by atoms with Gasteiger partial charge in [-0.25, -0.2) is 8.78 Å². The van der Waals surface area contributed by atoms with E-state index in [-0.39, 0.29) is 12.6 Å². The number of rotatable bonds is 4. The van der Waals surface area contributed by atoms with E-state index in [0.29, 0.717) is 6.54 Å². The molecule has 0 spiro atoms. The molecule has 3 rings (SSSR count). The van der Waals surface area contributed by atoms with E-state index in [4.69, 9.17) is 0 Å². The van der Waals surface area contributed by atoms with Crippen LogP contribution < -0.4 is 4.90 Å².